The molecule has 1 N–H and O–H groups in total. The van der Waals surface area contributed by atoms with E-state index in [1.807, 2.05) is 6.07 Å². The highest BCUT2D eigenvalue weighted by Gasteiger charge is 2.28. The van der Waals surface area contributed by atoms with Crippen LogP contribution in [0.1, 0.15) is 18.6 Å². The van der Waals surface area contributed by atoms with E-state index in [9.17, 15) is 22.9 Å². The van der Waals surface area contributed by atoms with Gasteiger partial charge >= 0.3 is 0 Å². The first-order chi connectivity index (χ1) is 19.6. The number of nitrogens with one attached hydrogen (secondary N) is 1. The SMILES string of the molecule is COc1cccc(C(Oc2ccc3c(cnn3-c3ccc(F)cc3)c2)C(C)NS(=O)(=O)c2ccc([N+](=O)[O-])cc2)c1. The van der Waals surface area contributed by atoms with Gasteiger partial charge in [-0.25, -0.2) is 22.2 Å². The average molecular weight is 577 g/mol. The van der Waals surface area contributed by atoms with Gasteiger partial charge in [0.2, 0.25) is 10.0 Å². The molecule has 0 bridgehead atoms. The number of fused-ring (bicyclic) bond motifs is 1. The number of hydrogen-bond donors (Lipinski definition) is 1. The molecular formula is C29H25FN4O6S. The van der Waals surface area contributed by atoms with Crippen LogP contribution in [0.15, 0.2) is 102 Å². The lowest BCUT2D eigenvalue weighted by Gasteiger charge is -2.27. The summed E-state index contributed by atoms with van der Waals surface area (Å²) in [5, 5.41) is 16.2. The van der Waals surface area contributed by atoms with Gasteiger partial charge in [-0.3, -0.25) is 10.1 Å². The van der Waals surface area contributed by atoms with Gasteiger partial charge < -0.3 is 9.47 Å². The Kier molecular flexibility index (Phi) is 7.68. The maximum absolute atomic E-state index is 13.4. The molecule has 0 aliphatic heterocycles. The Morgan fingerprint density at radius 2 is 1.71 bits per heavy atom. The minimum atomic E-state index is -4.05. The van der Waals surface area contributed by atoms with Crippen molar-refractivity contribution in [2.75, 3.05) is 7.11 Å². The zero-order valence-corrected chi connectivity index (χ0v) is 22.8. The molecule has 12 heteroatoms. The number of aromatic nitrogens is 2. The smallest absolute Gasteiger partial charge is 0.269 e. The second kappa shape index (κ2) is 11.4. The Bertz CT molecular complexity index is 1810. The number of non-ortho nitro benzene ring substituents is 1. The third-order valence-electron chi connectivity index (χ3n) is 6.45. The summed E-state index contributed by atoms with van der Waals surface area (Å²) in [6, 6.07) is 22.3. The van der Waals surface area contributed by atoms with Crippen LogP contribution in [-0.4, -0.2) is 36.3 Å². The van der Waals surface area contributed by atoms with Gasteiger partial charge in [0.15, 0.2) is 0 Å². The van der Waals surface area contributed by atoms with E-state index in [-0.39, 0.29) is 16.4 Å². The summed E-state index contributed by atoms with van der Waals surface area (Å²) in [5.41, 5.74) is 1.91. The predicted molar refractivity (Wildman–Crippen MR) is 150 cm³/mol. The van der Waals surface area contributed by atoms with Gasteiger partial charge in [0.25, 0.3) is 5.69 Å². The molecular weight excluding hydrogens is 551 g/mol. The fourth-order valence-electron chi connectivity index (χ4n) is 4.42. The number of rotatable bonds is 10. The molecule has 10 nitrogen and oxygen atoms in total. The first kappa shape index (κ1) is 27.7. The van der Waals surface area contributed by atoms with E-state index in [1.165, 1.54) is 31.4 Å². The fraction of sp³-hybridized carbons (Fsp3) is 0.138. The lowest BCUT2D eigenvalue weighted by molar-refractivity contribution is -0.384. The first-order valence-electron chi connectivity index (χ1n) is 12.5. The van der Waals surface area contributed by atoms with Crippen molar-refractivity contribution in [1.82, 2.24) is 14.5 Å². The summed E-state index contributed by atoms with van der Waals surface area (Å²) < 4.78 is 55.8. The summed E-state index contributed by atoms with van der Waals surface area (Å²) in [6.45, 7) is 1.66. The van der Waals surface area contributed by atoms with Gasteiger partial charge in [0, 0.05) is 17.5 Å². The van der Waals surface area contributed by atoms with Crippen LogP contribution >= 0.6 is 0 Å². The molecule has 2 atom stereocenters. The first-order valence-corrected chi connectivity index (χ1v) is 13.9. The highest BCUT2D eigenvalue weighted by Crippen LogP contribution is 2.31. The molecule has 0 aliphatic rings. The van der Waals surface area contributed by atoms with Crippen LogP contribution in [0.4, 0.5) is 10.1 Å². The van der Waals surface area contributed by atoms with Crippen molar-refractivity contribution in [1.29, 1.82) is 0 Å². The van der Waals surface area contributed by atoms with Crippen LogP contribution in [0, 0.1) is 15.9 Å². The van der Waals surface area contributed by atoms with Gasteiger partial charge in [-0.1, -0.05) is 12.1 Å². The molecule has 1 aromatic heterocycles. The van der Waals surface area contributed by atoms with E-state index in [0.717, 1.165) is 23.0 Å². The van der Waals surface area contributed by atoms with Crippen molar-refractivity contribution in [2.24, 2.45) is 0 Å². The molecule has 0 saturated heterocycles. The molecule has 0 fully saturated rings. The third-order valence-corrected chi connectivity index (χ3v) is 8.02. The monoisotopic (exact) mass is 576 g/mol. The normalized spacial score (nSPS) is 13.0. The Morgan fingerprint density at radius 3 is 2.39 bits per heavy atom. The molecule has 210 valence electrons. The molecule has 0 radical (unpaired) electrons. The number of nitro benzene ring substituents is 1. The van der Waals surface area contributed by atoms with E-state index in [2.05, 4.69) is 9.82 Å². The van der Waals surface area contributed by atoms with E-state index in [4.69, 9.17) is 9.47 Å². The van der Waals surface area contributed by atoms with Crippen LogP contribution in [0.5, 0.6) is 11.5 Å². The molecule has 0 saturated carbocycles. The number of halogens is 1. The minimum Gasteiger partial charge on any atom is -0.497 e. The van der Waals surface area contributed by atoms with Crippen LogP contribution < -0.4 is 14.2 Å². The van der Waals surface area contributed by atoms with Crippen LogP contribution in [-0.2, 0) is 10.0 Å². The highest BCUT2D eigenvalue weighted by atomic mass is 32.2. The summed E-state index contributed by atoms with van der Waals surface area (Å²) in [7, 11) is -2.52. The second-order valence-electron chi connectivity index (χ2n) is 9.23. The Morgan fingerprint density at radius 1 is 0.976 bits per heavy atom. The molecule has 5 rings (SSSR count). The van der Waals surface area contributed by atoms with Crippen LogP contribution in [0.3, 0.4) is 0 Å². The zero-order valence-electron chi connectivity index (χ0n) is 22.0. The number of hydrogen-bond acceptors (Lipinski definition) is 7. The standard InChI is InChI=1S/C29H25FN4O6S/c1-19(32-41(37,38)27-13-10-24(11-14-27)34(35)36)29(20-4-3-5-25(16-20)39-2)40-26-12-15-28-21(17-26)18-31-33(28)23-8-6-22(30)7-9-23/h3-19,29,32H,1-2H3. The minimum absolute atomic E-state index is 0.117. The lowest BCUT2D eigenvalue weighted by atomic mass is 10.0. The summed E-state index contributed by atoms with van der Waals surface area (Å²) in [5.74, 6) is 0.686. The maximum atomic E-state index is 13.4. The molecule has 5 aromatic rings. The topological polar surface area (TPSA) is 126 Å². The zero-order chi connectivity index (χ0) is 29.1. The van der Waals surface area contributed by atoms with E-state index < -0.39 is 27.1 Å². The van der Waals surface area contributed by atoms with Crippen molar-refractivity contribution in [3.8, 4) is 17.2 Å². The third kappa shape index (κ3) is 6.03. The van der Waals surface area contributed by atoms with Gasteiger partial charge in [-0.15, -0.1) is 0 Å². The highest BCUT2D eigenvalue weighted by molar-refractivity contribution is 7.89. The molecule has 2 unspecified atom stereocenters. The molecule has 4 aromatic carbocycles. The number of nitro groups is 1. The van der Waals surface area contributed by atoms with E-state index in [1.54, 1.807) is 66.3 Å². The fourth-order valence-corrected chi connectivity index (χ4v) is 5.66. The lowest BCUT2D eigenvalue weighted by Crippen LogP contribution is -2.39. The number of sulfonamides is 1. The Labute approximate surface area is 235 Å². The number of nitrogens with zero attached hydrogens (tertiary/aromatic N) is 3. The quantitative estimate of drug-likeness (QED) is 0.170. The summed E-state index contributed by atoms with van der Waals surface area (Å²) in [6.07, 6.45) is 0.870. The average Bonchev–Trinajstić information content (AvgIpc) is 3.39. The van der Waals surface area contributed by atoms with Crippen molar-refractivity contribution < 1.29 is 27.2 Å². The largest absolute Gasteiger partial charge is 0.497 e. The van der Waals surface area contributed by atoms with E-state index in [0.29, 0.717) is 22.7 Å². The molecule has 1 heterocycles. The van der Waals surface area contributed by atoms with Gasteiger partial charge in [-0.05, 0) is 79.2 Å². The van der Waals surface area contributed by atoms with Gasteiger partial charge in [0.05, 0.1) is 40.4 Å². The van der Waals surface area contributed by atoms with Gasteiger partial charge in [-0.2, -0.15) is 5.10 Å². The summed E-state index contributed by atoms with van der Waals surface area (Å²) in [4.78, 5) is 10.3. The van der Waals surface area contributed by atoms with E-state index >= 15 is 0 Å². The number of benzene rings is 4. The molecule has 0 amide bonds. The van der Waals surface area contributed by atoms with Gasteiger partial charge in [0.1, 0.15) is 23.4 Å². The van der Waals surface area contributed by atoms with Crippen molar-refractivity contribution in [3.63, 3.8) is 0 Å². The van der Waals surface area contributed by atoms with Crippen LogP contribution in [0.2, 0.25) is 0 Å². The molecule has 41 heavy (non-hydrogen) atoms. The maximum Gasteiger partial charge on any atom is 0.269 e. The van der Waals surface area contributed by atoms with Crippen LogP contribution in [0.25, 0.3) is 16.6 Å². The Balaban J connectivity index is 1.45. The predicted octanol–water partition coefficient (Wildman–Crippen LogP) is 5.57. The number of methoxy groups -OCH3 is 1. The molecule has 0 spiro atoms. The second-order valence-corrected chi connectivity index (χ2v) is 10.9. The summed E-state index contributed by atoms with van der Waals surface area (Å²) >= 11 is 0. The van der Waals surface area contributed by atoms with Crippen molar-refractivity contribution in [3.05, 3.63) is 119 Å². The molecule has 0 aliphatic carbocycles. The number of ether oxygens (including phenoxy) is 2. The van der Waals surface area contributed by atoms with Crippen molar-refractivity contribution in [2.45, 2.75) is 24.0 Å². The van der Waals surface area contributed by atoms with Crippen molar-refractivity contribution >= 4 is 26.6 Å². The Hall–Kier alpha value is -4.81.